The number of hydrogen-bond donors (Lipinski definition) is 0. The molecule has 1 aliphatic heterocycles. The van der Waals surface area contributed by atoms with Crippen molar-refractivity contribution in [3.8, 4) is 11.5 Å². The van der Waals surface area contributed by atoms with E-state index < -0.39 is 10.1 Å². The van der Waals surface area contributed by atoms with Crippen molar-refractivity contribution in [2.24, 2.45) is 0 Å². The highest BCUT2D eigenvalue weighted by atomic mass is 32.2. The molecule has 142 valence electrons. The predicted octanol–water partition coefficient (Wildman–Crippen LogP) is 4.75. The van der Waals surface area contributed by atoms with Crippen LogP contribution in [0.2, 0.25) is 0 Å². The monoisotopic (exact) mass is 412 g/mol. The highest BCUT2D eigenvalue weighted by Crippen LogP contribution is 2.36. The van der Waals surface area contributed by atoms with Crippen LogP contribution in [0.15, 0.2) is 64.6 Å². The molecule has 1 aliphatic rings. The maximum atomic E-state index is 12.5. The van der Waals surface area contributed by atoms with Gasteiger partial charge < -0.3 is 8.92 Å². The number of rotatable bonds is 4. The van der Waals surface area contributed by atoms with Crippen molar-refractivity contribution in [3.63, 3.8) is 0 Å². The fraction of sp³-hybridized carbons (Fsp3) is 0.0952. The third kappa shape index (κ3) is 3.46. The topological polar surface area (TPSA) is 69.7 Å². The lowest BCUT2D eigenvalue weighted by molar-refractivity contribution is 0.101. The van der Waals surface area contributed by atoms with Gasteiger partial charge in [0.1, 0.15) is 16.4 Å². The molecule has 0 amide bonds. The number of carbonyl (C=O) groups excluding carboxylic acids is 1. The summed E-state index contributed by atoms with van der Waals surface area (Å²) in [5, 5.41) is 1.94. The van der Waals surface area contributed by atoms with Crippen LogP contribution in [0.4, 0.5) is 0 Å². The summed E-state index contributed by atoms with van der Waals surface area (Å²) < 4.78 is 35.8. The summed E-state index contributed by atoms with van der Waals surface area (Å²) in [4.78, 5) is 13.5. The Bertz CT molecular complexity index is 1200. The highest BCUT2D eigenvalue weighted by Gasteiger charge is 2.29. The Balaban J connectivity index is 1.60. The van der Waals surface area contributed by atoms with E-state index in [1.807, 2.05) is 25.3 Å². The van der Waals surface area contributed by atoms with Crippen molar-refractivity contribution in [1.82, 2.24) is 0 Å². The van der Waals surface area contributed by atoms with Crippen molar-refractivity contribution in [1.29, 1.82) is 0 Å². The van der Waals surface area contributed by atoms with Crippen LogP contribution in [0.3, 0.4) is 0 Å². The van der Waals surface area contributed by atoms with E-state index in [9.17, 15) is 13.2 Å². The van der Waals surface area contributed by atoms with Crippen LogP contribution < -0.4 is 8.92 Å². The van der Waals surface area contributed by atoms with Gasteiger partial charge in [0.25, 0.3) is 0 Å². The van der Waals surface area contributed by atoms with Gasteiger partial charge in [-0.1, -0.05) is 17.7 Å². The van der Waals surface area contributed by atoms with Gasteiger partial charge >= 0.3 is 10.1 Å². The standard InChI is InChI=1S/C21H16O5S2/c1-13-3-6-16(7-4-13)28(23,24)26-15-5-8-17-18(11-15)25-19(21(17)22)12-20-14(2)9-10-27-20/h3-12H,1-2H3/b19-12-. The molecule has 3 aromatic rings. The minimum atomic E-state index is -3.97. The number of aryl methyl sites for hydroxylation is 2. The molecule has 2 heterocycles. The number of hydrogen-bond acceptors (Lipinski definition) is 6. The van der Waals surface area contributed by atoms with E-state index in [1.165, 1.54) is 41.7 Å². The zero-order valence-electron chi connectivity index (χ0n) is 15.1. The third-order valence-electron chi connectivity index (χ3n) is 4.32. The van der Waals surface area contributed by atoms with Crippen molar-refractivity contribution in [3.05, 3.63) is 81.2 Å². The normalized spacial score (nSPS) is 14.8. The van der Waals surface area contributed by atoms with Crippen molar-refractivity contribution in [2.75, 3.05) is 0 Å². The molecule has 7 heteroatoms. The molecule has 0 bridgehead atoms. The Morgan fingerprint density at radius 3 is 2.46 bits per heavy atom. The Morgan fingerprint density at radius 2 is 1.79 bits per heavy atom. The molecule has 0 aliphatic carbocycles. The lowest BCUT2D eigenvalue weighted by Crippen LogP contribution is -2.09. The maximum Gasteiger partial charge on any atom is 0.339 e. The Labute approximate surface area is 167 Å². The van der Waals surface area contributed by atoms with Crippen molar-refractivity contribution in [2.45, 2.75) is 18.7 Å². The Hall–Kier alpha value is -2.90. The van der Waals surface area contributed by atoms with E-state index in [2.05, 4.69) is 0 Å². The largest absolute Gasteiger partial charge is 0.452 e. The summed E-state index contributed by atoms with van der Waals surface area (Å²) in [6, 6.07) is 12.7. The van der Waals surface area contributed by atoms with E-state index in [1.54, 1.807) is 18.2 Å². The molecule has 1 aromatic heterocycles. The molecule has 2 aromatic carbocycles. The predicted molar refractivity (Wildman–Crippen MR) is 107 cm³/mol. The molecule has 0 spiro atoms. The van der Waals surface area contributed by atoms with Crippen molar-refractivity contribution < 1.29 is 22.1 Å². The first kappa shape index (κ1) is 18.5. The summed E-state index contributed by atoms with van der Waals surface area (Å²) in [5.74, 6) is 0.331. The molecule has 4 rings (SSSR count). The van der Waals surface area contributed by atoms with Gasteiger partial charge in [0.05, 0.1) is 5.56 Å². The molecular formula is C21H16O5S2. The summed E-state index contributed by atoms with van der Waals surface area (Å²) in [5.41, 5.74) is 2.38. The molecule has 0 N–H and O–H groups in total. The number of Topliss-reactive ketones (excluding diaryl/α,β-unsaturated/α-hetero) is 1. The zero-order valence-corrected chi connectivity index (χ0v) is 16.8. The molecule has 0 saturated heterocycles. The number of ether oxygens (including phenoxy) is 1. The van der Waals surface area contributed by atoms with E-state index in [0.29, 0.717) is 5.56 Å². The van der Waals surface area contributed by atoms with Gasteiger partial charge in [-0.05, 0) is 55.1 Å². The quantitative estimate of drug-likeness (QED) is 0.457. The number of allylic oxidation sites excluding steroid dienone is 1. The number of thiophene rings is 1. The molecular weight excluding hydrogens is 396 g/mol. The van der Waals surface area contributed by atoms with E-state index in [-0.39, 0.29) is 27.9 Å². The van der Waals surface area contributed by atoms with Crippen LogP contribution in [-0.2, 0) is 10.1 Å². The second-order valence-corrected chi connectivity index (χ2v) is 8.91. The molecule has 28 heavy (non-hydrogen) atoms. The average Bonchev–Trinajstić information content (AvgIpc) is 3.19. The molecule has 0 radical (unpaired) electrons. The van der Waals surface area contributed by atoms with E-state index in [4.69, 9.17) is 8.92 Å². The molecule has 0 unspecified atom stereocenters. The SMILES string of the molecule is Cc1ccc(S(=O)(=O)Oc2ccc3c(c2)O/C(=C\c2sccc2C)C3=O)cc1. The first-order valence-electron chi connectivity index (χ1n) is 8.47. The van der Waals surface area contributed by atoms with Gasteiger partial charge in [-0.25, -0.2) is 0 Å². The van der Waals surface area contributed by atoms with Crippen LogP contribution in [0, 0.1) is 13.8 Å². The van der Waals surface area contributed by atoms with Crippen LogP contribution in [-0.4, -0.2) is 14.2 Å². The zero-order chi connectivity index (χ0) is 19.9. The number of ketones is 1. The number of benzene rings is 2. The fourth-order valence-corrected chi connectivity index (χ4v) is 4.52. The molecule has 5 nitrogen and oxygen atoms in total. The van der Waals surface area contributed by atoms with Crippen molar-refractivity contribution >= 4 is 33.3 Å². The van der Waals surface area contributed by atoms with Gasteiger partial charge in [0.2, 0.25) is 5.78 Å². The van der Waals surface area contributed by atoms with Gasteiger partial charge in [0, 0.05) is 17.0 Å². The molecule has 0 fully saturated rings. The second-order valence-electron chi connectivity index (χ2n) is 6.42. The smallest absolute Gasteiger partial charge is 0.339 e. The first-order chi connectivity index (χ1) is 13.3. The Morgan fingerprint density at radius 1 is 1.04 bits per heavy atom. The average molecular weight is 412 g/mol. The summed E-state index contributed by atoms with van der Waals surface area (Å²) in [6.45, 7) is 3.83. The molecule has 0 atom stereocenters. The fourth-order valence-electron chi connectivity index (χ4n) is 2.75. The number of fused-ring (bicyclic) bond motifs is 1. The van der Waals surface area contributed by atoms with Gasteiger partial charge in [-0.2, -0.15) is 8.42 Å². The summed E-state index contributed by atoms with van der Waals surface area (Å²) in [7, 11) is -3.97. The first-order valence-corrected chi connectivity index (χ1v) is 10.8. The van der Waals surface area contributed by atoms with Crippen LogP contribution in [0.1, 0.15) is 26.4 Å². The van der Waals surface area contributed by atoms with Gasteiger partial charge in [-0.15, -0.1) is 11.3 Å². The lowest BCUT2D eigenvalue weighted by Gasteiger charge is -2.08. The van der Waals surface area contributed by atoms with Crippen LogP contribution >= 0.6 is 11.3 Å². The lowest BCUT2D eigenvalue weighted by atomic mass is 10.1. The highest BCUT2D eigenvalue weighted by molar-refractivity contribution is 7.87. The maximum absolute atomic E-state index is 12.5. The number of carbonyl (C=O) groups is 1. The van der Waals surface area contributed by atoms with Crippen LogP contribution in [0.25, 0.3) is 6.08 Å². The minimum absolute atomic E-state index is 0.0596. The minimum Gasteiger partial charge on any atom is -0.452 e. The summed E-state index contributed by atoms with van der Waals surface area (Å²) in [6.07, 6.45) is 1.70. The van der Waals surface area contributed by atoms with Crippen LogP contribution in [0.5, 0.6) is 11.5 Å². The third-order valence-corrected chi connectivity index (χ3v) is 6.55. The summed E-state index contributed by atoms with van der Waals surface area (Å²) >= 11 is 1.51. The molecule has 0 saturated carbocycles. The van der Waals surface area contributed by atoms with Gasteiger partial charge in [0.15, 0.2) is 5.76 Å². The van der Waals surface area contributed by atoms with Gasteiger partial charge in [-0.3, -0.25) is 4.79 Å². The van der Waals surface area contributed by atoms with E-state index in [0.717, 1.165) is 16.0 Å². The Kier molecular flexibility index (Phi) is 4.56. The van der Waals surface area contributed by atoms with E-state index >= 15 is 0 Å². The second kappa shape index (κ2) is 6.92.